The van der Waals surface area contributed by atoms with Crippen molar-refractivity contribution >= 4 is 11.8 Å². The molecule has 3 aromatic rings. The molecule has 1 atom stereocenters. The highest BCUT2D eigenvalue weighted by Crippen LogP contribution is 2.21. The number of aromatic nitrogens is 1. The van der Waals surface area contributed by atoms with Gasteiger partial charge >= 0.3 is 0 Å². The number of quaternary nitrogens is 1. The standard InChI is InChI=1S/C21H23N3O2/c1-15-4-8-17(9-5-15)13-24(3)14-20(25)22-21-12-19(23-26-21)18-10-6-16(2)7-11-18/h4-12H,13-14H2,1-3H3,(H,22,25)/p+1. The van der Waals surface area contributed by atoms with E-state index in [0.717, 1.165) is 17.0 Å². The van der Waals surface area contributed by atoms with Gasteiger partial charge in [-0.1, -0.05) is 64.8 Å². The average molecular weight is 350 g/mol. The highest BCUT2D eigenvalue weighted by atomic mass is 16.5. The minimum Gasteiger partial charge on any atom is -0.338 e. The van der Waals surface area contributed by atoms with Gasteiger partial charge in [0.15, 0.2) is 6.54 Å². The van der Waals surface area contributed by atoms with Gasteiger partial charge in [-0.15, -0.1) is 0 Å². The third-order valence-corrected chi connectivity index (χ3v) is 4.21. The van der Waals surface area contributed by atoms with Crippen molar-refractivity contribution in [3.63, 3.8) is 0 Å². The molecule has 0 aliphatic rings. The molecule has 26 heavy (non-hydrogen) atoms. The lowest BCUT2D eigenvalue weighted by Crippen LogP contribution is -3.08. The first-order valence-corrected chi connectivity index (χ1v) is 8.70. The minimum atomic E-state index is -0.0961. The van der Waals surface area contributed by atoms with Crippen molar-refractivity contribution in [1.82, 2.24) is 5.16 Å². The van der Waals surface area contributed by atoms with Crippen LogP contribution in [0, 0.1) is 13.8 Å². The van der Waals surface area contributed by atoms with E-state index in [1.54, 1.807) is 6.07 Å². The van der Waals surface area contributed by atoms with Gasteiger partial charge in [-0.25, -0.2) is 0 Å². The lowest BCUT2D eigenvalue weighted by atomic mass is 10.1. The van der Waals surface area contributed by atoms with Crippen molar-refractivity contribution in [2.75, 3.05) is 18.9 Å². The molecule has 1 amide bonds. The van der Waals surface area contributed by atoms with E-state index >= 15 is 0 Å². The van der Waals surface area contributed by atoms with Gasteiger partial charge in [0, 0.05) is 17.2 Å². The van der Waals surface area contributed by atoms with Crippen LogP contribution in [0.5, 0.6) is 0 Å². The number of amides is 1. The van der Waals surface area contributed by atoms with Crippen LogP contribution in [0.25, 0.3) is 11.3 Å². The number of nitrogens with zero attached hydrogens (tertiary/aromatic N) is 1. The van der Waals surface area contributed by atoms with Crippen LogP contribution in [0.4, 0.5) is 5.88 Å². The Kier molecular flexibility index (Phi) is 5.49. The molecule has 2 aromatic carbocycles. The van der Waals surface area contributed by atoms with Crippen LogP contribution >= 0.6 is 0 Å². The molecule has 5 nitrogen and oxygen atoms in total. The van der Waals surface area contributed by atoms with Crippen molar-refractivity contribution in [3.05, 3.63) is 71.3 Å². The zero-order chi connectivity index (χ0) is 18.5. The first-order chi connectivity index (χ1) is 12.5. The molecule has 0 aliphatic heterocycles. The Hall–Kier alpha value is -2.92. The van der Waals surface area contributed by atoms with Crippen molar-refractivity contribution in [3.8, 4) is 11.3 Å². The minimum absolute atomic E-state index is 0.0961. The van der Waals surface area contributed by atoms with Crippen LogP contribution in [0.15, 0.2) is 59.1 Å². The number of rotatable bonds is 6. The Morgan fingerprint density at radius 3 is 2.31 bits per heavy atom. The van der Waals surface area contributed by atoms with Gasteiger partial charge in [-0.2, -0.15) is 0 Å². The number of likely N-dealkylation sites (N-methyl/N-ethyl adjacent to an activating group) is 1. The number of carbonyl (C=O) groups is 1. The van der Waals surface area contributed by atoms with Gasteiger partial charge in [-0.3, -0.25) is 10.1 Å². The number of aryl methyl sites for hydroxylation is 2. The fourth-order valence-corrected chi connectivity index (χ4v) is 2.77. The molecule has 3 rings (SSSR count). The summed E-state index contributed by atoms with van der Waals surface area (Å²) in [5.74, 6) is 0.273. The maximum absolute atomic E-state index is 12.2. The summed E-state index contributed by atoms with van der Waals surface area (Å²) in [6, 6.07) is 18.1. The summed E-state index contributed by atoms with van der Waals surface area (Å²) in [6.45, 7) is 5.25. The Balaban J connectivity index is 1.54. The fourth-order valence-electron chi connectivity index (χ4n) is 2.77. The number of carbonyl (C=O) groups excluding carboxylic acids is 1. The van der Waals surface area contributed by atoms with Gasteiger partial charge < -0.3 is 9.42 Å². The zero-order valence-electron chi connectivity index (χ0n) is 15.4. The molecule has 0 bridgehead atoms. The molecule has 0 saturated carbocycles. The Bertz CT molecular complexity index is 867. The van der Waals surface area contributed by atoms with Gasteiger partial charge in [0.25, 0.3) is 5.91 Å². The molecule has 5 heteroatoms. The summed E-state index contributed by atoms with van der Waals surface area (Å²) >= 11 is 0. The summed E-state index contributed by atoms with van der Waals surface area (Å²) in [4.78, 5) is 13.3. The molecule has 0 aliphatic carbocycles. The first kappa shape index (κ1) is 17.9. The molecular weight excluding hydrogens is 326 g/mol. The molecule has 1 aromatic heterocycles. The molecule has 1 unspecified atom stereocenters. The van der Waals surface area contributed by atoms with Crippen molar-refractivity contribution in [2.45, 2.75) is 20.4 Å². The Morgan fingerprint density at radius 2 is 1.65 bits per heavy atom. The third kappa shape index (κ3) is 4.80. The first-order valence-electron chi connectivity index (χ1n) is 8.70. The van der Waals surface area contributed by atoms with Crippen molar-refractivity contribution < 1.29 is 14.2 Å². The second kappa shape index (κ2) is 7.97. The lowest BCUT2D eigenvalue weighted by Gasteiger charge is -2.13. The molecular formula is C21H24N3O2+. The second-order valence-corrected chi connectivity index (χ2v) is 6.79. The molecule has 2 N–H and O–H groups in total. The summed E-state index contributed by atoms with van der Waals surface area (Å²) in [5, 5.41) is 6.81. The quantitative estimate of drug-likeness (QED) is 0.718. The van der Waals surface area contributed by atoms with E-state index in [9.17, 15) is 4.79 Å². The lowest BCUT2D eigenvalue weighted by molar-refractivity contribution is -0.885. The molecule has 0 spiro atoms. The van der Waals surface area contributed by atoms with E-state index in [1.807, 2.05) is 38.2 Å². The van der Waals surface area contributed by atoms with Crippen LogP contribution < -0.4 is 10.2 Å². The van der Waals surface area contributed by atoms with Gasteiger partial charge in [-0.05, 0) is 13.8 Å². The van der Waals surface area contributed by atoms with E-state index in [4.69, 9.17) is 4.52 Å². The second-order valence-electron chi connectivity index (χ2n) is 6.79. The van der Waals surface area contributed by atoms with Gasteiger partial charge in [0.1, 0.15) is 12.2 Å². The van der Waals surface area contributed by atoms with E-state index in [-0.39, 0.29) is 5.91 Å². The largest absolute Gasteiger partial charge is 0.338 e. The maximum Gasteiger partial charge on any atom is 0.281 e. The van der Waals surface area contributed by atoms with Crippen LogP contribution in [0.2, 0.25) is 0 Å². The van der Waals surface area contributed by atoms with E-state index in [1.165, 1.54) is 16.7 Å². The van der Waals surface area contributed by atoms with Crippen LogP contribution in [0.1, 0.15) is 16.7 Å². The van der Waals surface area contributed by atoms with Crippen molar-refractivity contribution in [2.24, 2.45) is 0 Å². The normalized spacial score (nSPS) is 12.0. The maximum atomic E-state index is 12.2. The third-order valence-electron chi connectivity index (χ3n) is 4.21. The predicted octanol–water partition coefficient (Wildman–Crippen LogP) is 2.61. The summed E-state index contributed by atoms with van der Waals surface area (Å²) < 4.78 is 5.24. The molecule has 0 saturated heterocycles. The number of benzene rings is 2. The van der Waals surface area contributed by atoms with E-state index < -0.39 is 0 Å². The van der Waals surface area contributed by atoms with Crippen LogP contribution in [-0.2, 0) is 11.3 Å². The molecule has 134 valence electrons. The number of nitrogens with one attached hydrogen (secondary N) is 2. The van der Waals surface area contributed by atoms with E-state index in [2.05, 4.69) is 41.7 Å². The smallest absolute Gasteiger partial charge is 0.281 e. The predicted molar refractivity (Wildman–Crippen MR) is 102 cm³/mol. The Morgan fingerprint density at radius 1 is 1.04 bits per heavy atom. The van der Waals surface area contributed by atoms with Gasteiger partial charge in [0.05, 0.1) is 7.05 Å². The zero-order valence-corrected chi connectivity index (χ0v) is 15.4. The highest BCUT2D eigenvalue weighted by Gasteiger charge is 2.14. The van der Waals surface area contributed by atoms with Crippen LogP contribution in [0.3, 0.4) is 0 Å². The monoisotopic (exact) mass is 350 g/mol. The summed E-state index contributed by atoms with van der Waals surface area (Å²) in [6.07, 6.45) is 0. The van der Waals surface area contributed by atoms with Crippen molar-refractivity contribution in [1.29, 1.82) is 0 Å². The topological polar surface area (TPSA) is 59.6 Å². The molecule has 0 radical (unpaired) electrons. The summed E-state index contributed by atoms with van der Waals surface area (Å²) in [5.41, 5.74) is 5.30. The van der Waals surface area contributed by atoms with E-state index in [0.29, 0.717) is 18.1 Å². The fraction of sp³-hybridized carbons (Fsp3) is 0.238. The highest BCUT2D eigenvalue weighted by molar-refractivity contribution is 5.90. The molecule has 0 fully saturated rings. The number of anilines is 1. The average Bonchev–Trinajstić information content (AvgIpc) is 3.05. The number of hydrogen-bond acceptors (Lipinski definition) is 3. The SMILES string of the molecule is Cc1ccc(C[NH+](C)CC(=O)Nc2cc(-c3ccc(C)cc3)no2)cc1. The molecule has 1 heterocycles. The summed E-state index contributed by atoms with van der Waals surface area (Å²) in [7, 11) is 2.00. The van der Waals surface area contributed by atoms with Crippen LogP contribution in [-0.4, -0.2) is 24.7 Å². The Labute approximate surface area is 153 Å². The number of hydrogen-bond donors (Lipinski definition) is 2. The van der Waals surface area contributed by atoms with Gasteiger partial charge in [0.2, 0.25) is 5.88 Å².